The maximum Gasteiger partial charge on any atom is 0.254 e. The molecular weight excluding hydrogens is 312 g/mol. The molecule has 0 aliphatic carbocycles. The molecule has 1 amide bonds. The molecule has 23 heavy (non-hydrogen) atoms. The van der Waals surface area contributed by atoms with Crippen LogP contribution in [0.3, 0.4) is 0 Å². The van der Waals surface area contributed by atoms with Gasteiger partial charge in [0.25, 0.3) is 5.91 Å². The number of nitrogens with one attached hydrogen (secondary N) is 2. The molecule has 2 rings (SSSR count). The number of benzene rings is 1. The van der Waals surface area contributed by atoms with Gasteiger partial charge in [-0.2, -0.15) is 5.10 Å². The van der Waals surface area contributed by atoms with Gasteiger partial charge in [0.15, 0.2) is 0 Å². The molecule has 0 radical (unpaired) electrons. The summed E-state index contributed by atoms with van der Waals surface area (Å²) in [6.45, 7) is 7.55. The van der Waals surface area contributed by atoms with Crippen molar-refractivity contribution in [1.29, 1.82) is 0 Å². The Morgan fingerprint density at radius 1 is 1.22 bits per heavy atom. The zero-order chi connectivity index (χ0) is 16.1. The lowest BCUT2D eigenvalue weighted by Gasteiger charge is -2.13. The first-order valence-electron chi connectivity index (χ1n) is 7.62. The van der Waals surface area contributed by atoms with E-state index < -0.39 is 0 Å². The molecule has 1 aromatic heterocycles. The summed E-state index contributed by atoms with van der Waals surface area (Å²) < 4.78 is 1.86. The molecule has 0 atom stereocenters. The van der Waals surface area contributed by atoms with E-state index in [-0.39, 0.29) is 24.2 Å². The lowest BCUT2D eigenvalue weighted by molar-refractivity contribution is 0.0953. The molecule has 0 saturated heterocycles. The molecule has 2 aromatic rings. The van der Waals surface area contributed by atoms with E-state index in [1.165, 1.54) is 5.56 Å². The lowest BCUT2D eigenvalue weighted by Crippen LogP contribution is -2.31. The average molecular weight is 337 g/mol. The highest BCUT2D eigenvalue weighted by molar-refractivity contribution is 5.95. The second-order valence-electron chi connectivity index (χ2n) is 5.70. The van der Waals surface area contributed by atoms with Crippen molar-refractivity contribution in [3.8, 4) is 5.69 Å². The maximum absolute atomic E-state index is 12.4. The summed E-state index contributed by atoms with van der Waals surface area (Å²) in [4.78, 5) is 12.4. The highest BCUT2D eigenvalue weighted by atomic mass is 35.5. The van der Waals surface area contributed by atoms with E-state index in [2.05, 4.69) is 36.5 Å². The highest BCUT2D eigenvalue weighted by Gasteiger charge is 2.20. The Labute approximate surface area is 143 Å². The zero-order valence-corrected chi connectivity index (χ0v) is 14.9. The number of rotatable bonds is 6. The molecule has 2 N–H and O–H groups in total. The molecule has 0 aliphatic heterocycles. The minimum absolute atomic E-state index is 0. The Kier molecular flexibility index (Phi) is 7.26. The van der Waals surface area contributed by atoms with Gasteiger partial charge in [0.1, 0.15) is 0 Å². The van der Waals surface area contributed by atoms with Gasteiger partial charge in [-0.05, 0) is 32.0 Å². The van der Waals surface area contributed by atoms with Gasteiger partial charge in [-0.15, -0.1) is 12.4 Å². The first kappa shape index (κ1) is 19.2. The van der Waals surface area contributed by atoms with Crippen LogP contribution >= 0.6 is 12.4 Å². The Bertz CT molecular complexity index is 635. The summed E-state index contributed by atoms with van der Waals surface area (Å²) in [5.74, 6) is 0.131. The summed E-state index contributed by atoms with van der Waals surface area (Å²) in [5.41, 5.74) is 3.76. The SMILES string of the molecule is CNCCNC(=O)c1cnn(-c2ccc(C)cc2)c1C(C)C.Cl. The van der Waals surface area contributed by atoms with E-state index in [4.69, 9.17) is 0 Å². The summed E-state index contributed by atoms with van der Waals surface area (Å²) in [6.07, 6.45) is 1.66. The van der Waals surface area contributed by atoms with Crippen LogP contribution in [0, 0.1) is 6.92 Å². The summed E-state index contributed by atoms with van der Waals surface area (Å²) in [7, 11) is 1.86. The standard InChI is InChI=1S/C17H24N4O.ClH/c1-12(2)16-15(17(22)19-10-9-18-4)11-20-21(16)14-7-5-13(3)6-8-14;/h5-8,11-12,18H,9-10H2,1-4H3,(H,19,22);1H. The average Bonchev–Trinajstić information content (AvgIpc) is 2.93. The third-order valence-corrected chi connectivity index (χ3v) is 3.54. The predicted octanol–water partition coefficient (Wildman–Crippen LogP) is 2.68. The Morgan fingerprint density at radius 3 is 2.43 bits per heavy atom. The third-order valence-electron chi connectivity index (χ3n) is 3.54. The molecule has 6 heteroatoms. The molecule has 1 aromatic carbocycles. The van der Waals surface area contributed by atoms with Crippen LogP contribution in [0.1, 0.15) is 41.4 Å². The van der Waals surface area contributed by atoms with Crippen LogP contribution in [-0.4, -0.2) is 35.8 Å². The van der Waals surface area contributed by atoms with Crippen LogP contribution in [0.25, 0.3) is 5.69 Å². The fraction of sp³-hybridized carbons (Fsp3) is 0.412. The van der Waals surface area contributed by atoms with Crippen LogP contribution in [0.5, 0.6) is 0 Å². The number of amides is 1. The van der Waals surface area contributed by atoms with Gasteiger partial charge in [0.05, 0.1) is 23.1 Å². The van der Waals surface area contributed by atoms with Crippen LogP contribution < -0.4 is 10.6 Å². The first-order valence-corrected chi connectivity index (χ1v) is 7.62. The number of aromatic nitrogens is 2. The van der Waals surface area contributed by atoms with Crippen LogP contribution in [0.4, 0.5) is 0 Å². The number of aryl methyl sites for hydroxylation is 1. The summed E-state index contributed by atoms with van der Waals surface area (Å²) in [5, 5.41) is 10.4. The number of hydrogen-bond donors (Lipinski definition) is 2. The van der Waals surface area contributed by atoms with Crippen molar-refractivity contribution in [3.63, 3.8) is 0 Å². The van der Waals surface area contributed by atoms with Gasteiger partial charge in [0.2, 0.25) is 0 Å². The molecule has 5 nitrogen and oxygen atoms in total. The molecule has 0 unspecified atom stereocenters. The van der Waals surface area contributed by atoms with Crippen molar-refractivity contribution in [2.24, 2.45) is 0 Å². The Morgan fingerprint density at radius 2 is 1.87 bits per heavy atom. The molecule has 1 heterocycles. The van der Waals surface area contributed by atoms with E-state index in [9.17, 15) is 4.79 Å². The van der Waals surface area contributed by atoms with Crippen molar-refractivity contribution in [2.75, 3.05) is 20.1 Å². The molecular formula is C17H25ClN4O. The van der Waals surface area contributed by atoms with Crippen molar-refractivity contribution in [3.05, 3.63) is 47.3 Å². The van der Waals surface area contributed by atoms with Gasteiger partial charge < -0.3 is 10.6 Å². The van der Waals surface area contributed by atoms with Gasteiger partial charge in [0, 0.05) is 13.1 Å². The second-order valence-corrected chi connectivity index (χ2v) is 5.70. The molecule has 0 spiro atoms. The minimum Gasteiger partial charge on any atom is -0.351 e. The number of likely N-dealkylation sites (N-methyl/N-ethyl adjacent to an activating group) is 1. The molecule has 0 aliphatic rings. The molecule has 126 valence electrons. The quantitative estimate of drug-likeness (QED) is 0.797. The molecule has 0 fully saturated rings. The van der Waals surface area contributed by atoms with E-state index >= 15 is 0 Å². The van der Waals surface area contributed by atoms with Crippen LogP contribution in [-0.2, 0) is 0 Å². The fourth-order valence-corrected chi connectivity index (χ4v) is 2.38. The van der Waals surface area contributed by atoms with Crippen molar-refractivity contribution < 1.29 is 4.79 Å². The summed E-state index contributed by atoms with van der Waals surface area (Å²) >= 11 is 0. The minimum atomic E-state index is -0.0719. The van der Waals surface area contributed by atoms with E-state index in [0.717, 1.165) is 17.9 Å². The largest absolute Gasteiger partial charge is 0.351 e. The third kappa shape index (κ3) is 4.56. The smallest absolute Gasteiger partial charge is 0.254 e. The predicted molar refractivity (Wildman–Crippen MR) is 95.9 cm³/mol. The van der Waals surface area contributed by atoms with Crippen molar-refractivity contribution >= 4 is 18.3 Å². The van der Waals surface area contributed by atoms with Crippen molar-refractivity contribution in [1.82, 2.24) is 20.4 Å². The van der Waals surface area contributed by atoms with E-state index in [0.29, 0.717) is 12.1 Å². The summed E-state index contributed by atoms with van der Waals surface area (Å²) in [6, 6.07) is 8.15. The fourth-order valence-electron chi connectivity index (χ4n) is 2.38. The monoisotopic (exact) mass is 336 g/mol. The van der Waals surface area contributed by atoms with E-state index in [1.807, 2.05) is 36.0 Å². The number of hydrogen-bond acceptors (Lipinski definition) is 3. The first-order chi connectivity index (χ1) is 10.5. The Balaban J connectivity index is 0.00000264. The van der Waals surface area contributed by atoms with Gasteiger partial charge in [-0.3, -0.25) is 4.79 Å². The number of nitrogens with zero attached hydrogens (tertiary/aromatic N) is 2. The zero-order valence-electron chi connectivity index (χ0n) is 14.1. The Hall–Kier alpha value is -1.85. The topological polar surface area (TPSA) is 58.9 Å². The van der Waals surface area contributed by atoms with Gasteiger partial charge >= 0.3 is 0 Å². The van der Waals surface area contributed by atoms with Crippen LogP contribution in [0.2, 0.25) is 0 Å². The van der Waals surface area contributed by atoms with Gasteiger partial charge in [-0.1, -0.05) is 31.5 Å². The molecule has 0 bridgehead atoms. The second kappa shape index (κ2) is 8.70. The maximum atomic E-state index is 12.4. The number of carbonyl (C=O) groups excluding carboxylic acids is 1. The lowest BCUT2D eigenvalue weighted by atomic mass is 10.0. The van der Waals surface area contributed by atoms with Gasteiger partial charge in [-0.25, -0.2) is 4.68 Å². The molecule has 0 saturated carbocycles. The normalized spacial score (nSPS) is 10.5. The number of carbonyl (C=O) groups is 1. The van der Waals surface area contributed by atoms with Crippen molar-refractivity contribution in [2.45, 2.75) is 26.7 Å². The number of halogens is 1. The van der Waals surface area contributed by atoms with E-state index in [1.54, 1.807) is 6.20 Å². The van der Waals surface area contributed by atoms with Crippen LogP contribution in [0.15, 0.2) is 30.5 Å². The highest BCUT2D eigenvalue weighted by Crippen LogP contribution is 2.23.